The zero-order chi connectivity index (χ0) is 14.0. The molecule has 104 valence electrons. The molecule has 1 aromatic rings. The second kappa shape index (κ2) is 5.50. The van der Waals surface area contributed by atoms with Crippen LogP contribution in [-0.2, 0) is 14.6 Å². The minimum Gasteiger partial charge on any atom is -0.398 e. The highest BCUT2D eigenvalue weighted by Crippen LogP contribution is 2.27. The quantitative estimate of drug-likeness (QED) is 0.787. The van der Waals surface area contributed by atoms with Crippen LogP contribution in [0.25, 0.3) is 0 Å². The molecule has 0 aliphatic heterocycles. The Morgan fingerprint density at radius 1 is 1.42 bits per heavy atom. The Kier molecular flexibility index (Phi) is 4.15. The molecule has 0 saturated heterocycles. The number of rotatable bonds is 5. The lowest BCUT2D eigenvalue weighted by Gasteiger charge is -2.08. The topological polar surface area (TPSA) is 89.3 Å². The van der Waals surface area contributed by atoms with Crippen LogP contribution in [-0.4, -0.2) is 26.6 Å². The third-order valence-corrected chi connectivity index (χ3v) is 5.08. The van der Waals surface area contributed by atoms with Crippen LogP contribution in [0.5, 0.6) is 0 Å². The van der Waals surface area contributed by atoms with Crippen molar-refractivity contribution in [3.8, 4) is 0 Å². The molecule has 1 saturated carbocycles. The van der Waals surface area contributed by atoms with E-state index in [1.54, 1.807) is 6.07 Å². The molecule has 1 aliphatic rings. The maximum absolute atomic E-state index is 12.1. The number of halogens is 1. The summed E-state index contributed by atoms with van der Waals surface area (Å²) in [5.74, 6) is -0.533. The number of benzene rings is 1. The number of carbonyl (C=O) groups is 1. The van der Waals surface area contributed by atoms with Crippen LogP contribution in [0.1, 0.15) is 12.8 Å². The van der Waals surface area contributed by atoms with E-state index in [1.165, 1.54) is 12.1 Å². The van der Waals surface area contributed by atoms with Gasteiger partial charge < -0.3 is 11.1 Å². The molecule has 0 heterocycles. The van der Waals surface area contributed by atoms with E-state index >= 15 is 0 Å². The molecule has 0 radical (unpaired) electrons. The molecule has 2 rings (SSSR count). The summed E-state index contributed by atoms with van der Waals surface area (Å²) in [5, 5.41) is 2.63. The molecule has 3 N–H and O–H groups in total. The molecule has 0 aromatic heterocycles. The number of hydrogen-bond donors (Lipinski definition) is 2. The number of nitrogens with one attached hydrogen (secondary N) is 1. The molecular weight excluding hydrogens is 332 g/mol. The first-order valence-corrected chi connectivity index (χ1v) is 8.37. The van der Waals surface area contributed by atoms with E-state index in [9.17, 15) is 13.2 Å². The van der Waals surface area contributed by atoms with Crippen molar-refractivity contribution in [1.29, 1.82) is 0 Å². The Labute approximate surface area is 120 Å². The van der Waals surface area contributed by atoms with Crippen molar-refractivity contribution < 1.29 is 13.2 Å². The summed E-state index contributed by atoms with van der Waals surface area (Å²) in [6.07, 6.45) is 2.21. The highest BCUT2D eigenvalue weighted by Gasteiger charge is 2.25. The highest BCUT2D eigenvalue weighted by atomic mass is 79.9. The Bertz CT molecular complexity index is 597. The molecule has 5 nitrogen and oxygen atoms in total. The molecule has 1 fully saturated rings. The van der Waals surface area contributed by atoms with Crippen molar-refractivity contribution in [2.75, 3.05) is 18.0 Å². The second-order valence-electron chi connectivity index (χ2n) is 4.69. The average Bonchev–Trinajstić information content (AvgIpc) is 3.13. The summed E-state index contributed by atoms with van der Waals surface area (Å²) in [7, 11) is -3.71. The smallest absolute Gasteiger partial charge is 0.235 e. The number of nitrogens with two attached hydrogens (primary N) is 1. The van der Waals surface area contributed by atoms with Gasteiger partial charge in [0.15, 0.2) is 9.84 Å². The van der Waals surface area contributed by atoms with Crippen LogP contribution in [0, 0.1) is 5.92 Å². The monoisotopic (exact) mass is 346 g/mol. The Balaban J connectivity index is 2.08. The SMILES string of the molecule is Nc1ccc(Br)cc1S(=O)(=O)CC(=O)NCC1CC1. The van der Waals surface area contributed by atoms with Crippen LogP contribution < -0.4 is 11.1 Å². The third kappa shape index (κ3) is 3.94. The van der Waals surface area contributed by atoms with Crippen LogP contribution in [0.15, 0.2) is 27.6 Å². The molecule has 7 heteroatoms. The summed E-state index contributed by atoms with van der Waals surface area (Å²) in [5.41, 5.74) is 5.80. The van der Waals surface area contributed by atoms with Gasteiger partial charge in [0.05, 0.1) is 10.6 Å². The summed E-state index contributed by atoms with van der Waals surface area (Å²) >= 11 is 3.19. The fourth-order valence-electron chi connectivity index (χ4n) is 1.66. The van der Waals surface area contributed by atoms with Crippen LogP contribution in [0.3, 0.4) is 0 Å². The molecule has 0 bridgehead atoms. The minimum absolute atomic E-state index is 0.0107. The van der Waals surface area contributed by atoms with Gasteiger partial charge in [-0.3, -0.25) is 4.79 Å². The van der Waals surface area contributed by atoms with Gasteiger partial charge in [0.1, 0.15) is 5.75 Å². The third-order valence-electron chi connectivity index (χ3n) is 2.92. The Morgan fingerprint density at radius 3 is 2.74 bits per heavy atom. The fourth-order valence-corrected chi connectivity index (χ4v) is 3.51. The van der Waals surface area contributed by atoms with Gasteiger partial charge >= 0.3 is 0 Å². The number of hydrogen-bond acceptors (Lipinski definition) is 4. The van der Waals surface area contributed by atoms with Crippen molar-refractivity contribution in [2.45, 2.75) is 17.7 Å². The maximum Gasteiger partial charge on any atom is 0.235 e. The molecule has 0 spiro atoms. The molecule has 0 unspecified atom stereocenters. The van der Waals surface area contributed by atoms with E-state index in [4.69, 9.17) is 5.73 Å². The van der Waals surface area contributed by atoms with Gasteiger partial charge in [-0.1, -0.05) is 15.9 Å². The fraction of sp³-hybridized carbons (Fsp3) is 0.417. The summed E-state index contributed by atoms with van der Waals surface area (Å²) in [6.45, 7) is 0.558. The Hall–Kier alpha value is -1.08. The van der Waals surface area contributed by atoms with Gasteiger partial charge in [-0.2, -0.15) is 0 Å². The lowest BCUT2D eigenvalue weighted by atomic mass is 10.3. The van der Waals surface area contributed by atoms with E-state index in [0.29, 0.717) is 16.9 Å². The standard InChI is InChI=1S/C12H15BrN2O3S/c13-9-3-4-10(14)11(5-9)19(17,18)7-12(16)15-6-8-1-2-8/h3-5,8H,1-2,6-7,14H2,(H,15,16). The van der Waals surface area contributed by atoms with Crippen molar-refractivity contribution in [1.82, 2.24) is 5.32 Å². The van der Waals surface area contributed by atoms with E-state index < -0.39 is 21.5 Å². The first-order valence-electron chi connectivity index (χ1n) is 5.93. The average molecular weight is 347 g/mol. The van der Waals surface area contributed by atoms with Gasteiger partial charge in [-0.05, 0) is 37.0 Å². The van der Waals surface area contributed by atoms with Crippen LogP contribution >= 0.6 is 15.9 Å². The zero-order valence-electron chi connectivity index (χ0n) is 10.2. The van der Waals surface area contributed by atoms with Crippen LogP contribution in [0.2, 0.25) is 0 Å². The lowest BCUT2D eigenvalue weighted by molar-refractivity contribution is -0.118. The van der Waals surface area contributed by atoms with Gasteiger partial charge in [0.25, 0.3) is 0 Å². The number of carbonyl (C=O) groups excluding carboxylic acids is 1. The predicted octanol–water partition coefficient (Wildman–Crippen LogP) is 1.33. The molecule has 1 aliphatic carbocycles. The zero-order valence-corrected chi connectivity index (χ0v) is 12.6. The molecule has 0 atom stereocenters. The van der Waals surface area contributed by atoms with Gasteiger partial charge in [0, 0.05) is 11.0 Å². The van der Waals surface area contributed by atoms with Crippen LogP contribution in [0.4, 0.5) is 5.69 Å². The number of anilines is 1. The van der Waals surface area contributed by atoms with Gasteiger partial charge in [0.2, 0.25) is 5.91 Å². The molecule has 1 aromatic carbocycles. The number of amides is 1. The molecule has 19 heavy (non-hydrogen) atoms. The largest absolute Gasteiger partial charge is 0.398 e. The summed E-state index contributed by atoms with van der Waals surface area (Å²) < 4.78 is 24.8. The van der Waals surface area contributed by atoms with Crippen molar-refractivity contribution in [2.24, 2.45) is 5.92 Å². The second-order valence-corrected chi connectivity index (χ2v) is 7.56. The van der Waals surface area contributed by atoms with E-state index in [-0.39, 0.29) is 10.6 Å². The Morgan fingerprint density at radius 2 is 2.11 bits per heavy atom. The minimum atomic E-state index is -3.71. The van der Waals surface area contributed by atoms with Crippen molar-refractivity contribution in [3.05, 3.63) is 22.7 Å². The summed E-state index contributed by atoms with van der Waals surface area (Å²) in [6, 6.07) is 4.57. The molecule has 1 amide bonds. The van der Waals surface area contributed by atoms with E-state index in [2.05, 4.69) is 21.2 Å². The van der Waals surface area contributed by atoms with E-state index in [1.807, 2.05) is 0 Å². The first-order chi connectivity index (χ1) is 8.88. The van der Waals surface area contributed by atoms with Gasteiger partial charge in [-0.25, -0.2) is 8.42 Å². The highest BCUT2D eigenvalue weighted by molar-refractivity contribution is 9.10. The normalized spacial score (nSPS) is 15.2. The first kappa shape index (κ1) is 14.3. The van der Waals surface area contributed by atoms with Crippen molar-refractivity contribution in [3.63, 3.8) is 0 Å². The maximum atomic E-state index is 12.1. The summed E-state index contributed by atoms with van der Waals surface area (Å²) in [4.78, 5) is 11.6. The van der Waals surface area contributed by atoms with Crippen molar-refractivity contribution >= 4 is 37.4 Å². The number of nitrogen functional groups attached to an aromatic ring is 1. The molecular formula is C12H15BrN2O3S. The van der Waals surface area contributed by atoms with E-state index in [0.717, 1.165) is 12.8 Å². The lowest BCUT2D eigenvalue weighted by Crippen LogP contribution is -2.32. The number of sulfone groups is 1. The van der Waals surface area contributed by atoms with Gasteiger partial charge in [-0.15, -0.1) is 0 Å². The predicted molar refractivity (Wildman–Crippen MR) is 76.3 cm³/mol.